The van der Waals surface area contributed by atoms with E-state index in [-0.39, 0.29) is 5.91 Å². The van der Waals surface area contributed by atoms with Crippen LogP contribution in [0.4, 0.5) is 0 Å². The van der Waals surface area contributed by atoms with E-state index in [2.05, 4.69) is 4.98 Å². The van der Waals surface area contributed by atoms with Crippen molar-refractivity contribution in [2.45, 2.75) is 31.2 Å². The molecular formula is C19H23N3O3S. The molecule has 3 heterocycles. The van der Waals surface area contributed by atoms with Gasteiger partial charge in [0.1, 0.15) is 0 Å². The SMILES string of the molecule is CS(=O)(=O)N1CCCC12CCCN(C(=O)c1cnc3ccccc3c1)C2. The Labute approximate surface area is 153 Å². The van der Waals surface area contributed by atoms with Crippen molar-refractivity contribution >= 4 is 26.8 Å². The molecule has 2 aliphatic heterocycles. The van der Waals surface area contributed by atoms with Crippen LogP contribution in [0, 0.1) is 0 Å². The monoisotopic (exact) mass is 373 g/mol. The maximum absolute atomic E-state index is 13.1. The molecule has 2 fully saturated rings. The summed E-state index contributed by atoms with van der Waals surface area (Å²) < 4.78 is 26.0. The van der Waals surface area contributed by atoms with Crippen molar-refractivity contribution in [3.8, 4) is 0 Å². The number of carbonyl (C=O) groups excluding carboxylic acids is 1. The minimum atomic E-state index is -3.27. The number of amides is 1. The second-order valence-corrected chi connectivity index (χ2v) is 9.32. The molecule has 0 bridgehead atoms. The Morgan fingerprint density at radius 3 is 2.65 bits per heavy atom. The Morgan fingerprint density at radius 2 is 1.88 bits per heavy atom. The fraction of sp³-hybridized carbons (Fsp3) is 0.474. The molecule has 0 aliphatic carbocycles. The predicted octanol–water partition coefficient (Wildman–Crippen LogP) is 2.26. The summed E-state index contributed by atoms with van der Waals surface area (Å²) >= 11 is 0. The van der Waals surface area contributed by atoms with Crippen LogP contribution < -0.4 is 0 Å². The van der Waals surface area contributed by atoms with Crippen LogP contribution in [-0.4, -0.2) is 59.9 Å². The first kappa shape index (κ1) is 17.4. The maximum atomic E-state index is 13.1. The number of fused-ring (bicyclic) bond motifs is 1. The van der Waals surface area contributed by atoms with Crippen molar-refractivity contribution in [1.82, 2.24) is 14.2 Å². The third-order valence-electron chi connectivity index (χ3n) is 5.61. The van der Waals surface area contributed by atoms with E-state index in [1.807, 2.05) is 30.3 Å². The van der Waals surface area contributed by atoms with Crippen LogP contribution >= 0.6 is 0 Å². The molecule has 7 heteroatoms. The number of sulfonamides is 1. The summed E-state index contributed by atoms with van der Waals surface area (Å²) in [7, 11) is -3.27. The van der Waals surface area contributed by atoms with E-state index < -0.39 is 15.6 Å². The summed E-state index contributed by atoms with van der Waals surface area (Å²) in [5.41, 5.74) is 0.981. The lowest BCUT2D eigenvalue weighted by molar-refractivity contribution is 0.0524. The average Bonchev–Trinajstić information content (AvgIpc) is 3.03. The van der Waals surface area contributed by atoms with Gasteiger partial charge in [0.05, 0.1) is 22.9 Å². The third kappa shape index (κ3) is 2.99. The molecule has 1 spiro atoms. The smallest absolute Gasteiger partial charge is 0.255 e. The zero-order valence-corrected chi connectivity index (χ0v) is 15.7. The summed E-state index contributed by atoms with van der Waals surface area (Å²) in [6.45, 7) is 1.68. The fourth-order valence-corrected chi connectivity index (χ4v) is 5.90. The molecule has 2 aromatic rings. The molecule has 0 N–H and O–H groups in total. The Morgan fingerprint density at radius 1 is 1.15 bits per heavy atom. The van der Waals surface area contributed by atoms with Crippen molar-refractivity contribution in [2.75, 3.05) is 25.9 Å². The lowest BCUT2D eigenvalue weighted by atomic mass is 9.87. The molecule has 4 rings (SSSR count). The number of rotatable bonds is 2. The summed E-state index contributed by atoms with van der Waals surface area (Å²) in [5.74, 6) is -0.0670. The second kappa shape index (κ2) is 6.32. The molecule has 1 amide bonds. The summed E-state index contributed by atoms with van der Waals surface area (Å²) in [5, 5.41) is 0.934. The highest BCUT2D eigenvalue weighted by atomic mass is 32.2. The molecule has 2 saturated heterocycles. The normalized spacial score (nSPS) is 24.4. The third-order valence-corrected chi connectivity index (χ3v) is 6.98. The lowest BCUT2D eigenvalue weighted by Gasteiger charge is -2.44. The van der Waals surface area contributed by atoms with Gasteiger partial charge in [0.2, 0.25) is 10.0 Å². The van der Waals surface area contributed by atoms with Crippen LogP contribution in [0.3, 0.4) is 0 Å². The van der Waals surface area contributed by atoms with Crippen molar-refractivity contribution in [3.63, 3.8) is 0 Å². The van der Waals surface area contributed by atoms with Gasteiger partial charge in [-0.3, -0.25) is 9.78 Å². The van der Waals surface area contributed by atoms with Crippen LogP contribution in [0.5, 0.6) is 0 Å². The Kier molecular flexibility index (Phi) is 4.23. The van der Waals surface area contributed by atoms with Gasteiger partial charge in [-0.05, 0) is 37.8 Å². The summed E-state index contributed by atoms with van der Waals surface area (Å²) in [6.07, 6.45) is 6.20. The first-order chi connectivity index (χ1) is 12.4. The molecule has 1 atom stereocenters. The zero-order valence-electron chi connectivity index (χ0n) is 14.9. The number of hydrogen-bond donors (Lipinski definition) is 0. The molecule has 0 radical (unpaired) electrons. The number of para-hydroxylation sites is 1. The Bertz CT molecular complexity index is 959. The van der Waals surface area contributed by atoms with Crippen LogP contribution in [0.25, 0.3) is 10.9 Å². The highest BCUT2D eigenvalue weighted by Gasteiger charge is 2.48. The zero-order chi connectivity index (χ0) is 18.4. The van der Waals surface area contributed by atoms with E-state index in [4.69, 9.17) is 0 Å². The minimum Gasteiger partial charge on any atom is -0.337 e. The number of hydrogen-bond acceptors (Lipinski definition) is 4. The largest absolute Gasteiger partial charge is 0.337 e. The molecular weight excluding hydrogens is 350 g/mol. The van der Waals surface area contributed by atoms with Gasteiger partial charge in [0.15, 0.2) is 0 Å². The van der Waals surface area contributed by atoms with Crippen LogP contribution in [0.1, 0.15) is 36.0 Å². The first-order valence-corrected chi connectivity index (χ1v) is 10.9. The van der Waals surface area contributed by atoms with Gasteiger partial charge in [0.25, 0.3) is 5.91 Å². The van der Waals surface area contributed by atoms with Gasteiger partial charge >= 0.3 is 0 Å². The lowest BCUT2D eigenvalue weighted by Crippen LogP contribution is -2.58. The first-order valence-electron chi connectivity index (χ1n) is 9.01. The van der Waals surface area contributed by atoms with E-state index in [0.29, 0.717) is 25.2 Å². The van der Waals surface area contributed by atoms with E-state index in [9.17, 15) is 13.2 Å². The van der Waals surface area contributed by atoms with Crippen LogP contribution in [0.15, 0.2) is 36.5 Å². The van der Waals surface area contributed by atoms with Gasteiger partial charge in [0, 0.05) is 31.2 Å². The average molecular weight is 373 g/mol. The fourth-order valence-electron chi connectivity index (χ4n) is 4.50. The highest BCUT2D eigenvalue weighted by molar-refractivity contribution is 7.88. The summed E-state index contributed by atoms with van der Waals surface area (Å²) in [6, 6.07) is 9.58. The molecule has 1 aromatic carbocycles. The number of pyridine rings is 1. The Balaban J connectivity index is 1.62. The predicted molar refractivity (Wildman–Crippen MR) is 100 cm³/mol. The van der Waals surface area contributed by atoms with E-state index in [1.165, 1.54) is 6.26 Å². The molecule has 0 saturated carbocycles. The maximum Gasteiger partial charge on any atom is 0.255 e. The summed E-state index contributed by atoms with van der Waals surface area (Å²) in [4.78, 5) is 19.2. The van der Waals surface area contributed by atoms with Crippen molar-refractivity contribution in [3.05, 3.63) is 42.1 Å². The molecule has 138 valence electrons. The van der Waals surface area contributed by atoms with Gasteiger partial charge < -0.3 is 4.90 Å². The number of piperidine rings is 1. The molecule has 1 unspecified atom stereocenters. The van der Waals surface area contributed by atoms with Crippen LogP contribution in [0.2, 0.25) is 0 Å². The van der Waals surface area contributed by atoms with Crippen LogP contribution in [-0.2, 0) is 10.0 Å². The topological polar surface area (TPSA) is 70.6 Å². The minimum absolute atomic E-state index is 0.0670. The molecule has 1 aromatic heterocycles. The molecule has 26 heavy (non-hydrogen) atoms. The van der Waals surface area contributed by atoms with E-state index in [0.717, 1.165) is 36.6 Å². The number of benzene rings is 1. The Hall–Kier alpha value is -1.99. The number of likely N-dealkylation sites (tertiary alicyclic amines) is 1. The molecule has 2 aliphatic rings. The standard InChI is InChI=1S/C19H23N3O3S/c1-26(24,25)22-11-5-9-19(22)8-4-10-21(14-19)18(23)16-12-15-6-2-3-7-17(15)20-13-16/h2-3,6-7,12-13H,4-5,8-11,14H2,1H3. The van der Waals surface area contributed by atoms with Crippen molar-refractivity contribution in [1.29, 1.82) is 0 Å². The second-order valence-electron chi connectivity index (χ2n) is 7.41. The molecule has 6 nitrogen and oxygen atoms in total. The number of aromatic nitrogens is 1. The van der Waals surface area contributed by atoms with Gasteiger partial charge in [-0.2, -0.15) is 4.31 Å². The number of nitrogens with zero attached hydrogens (tertiary/aromatic N) is 3. The quantitative estimate of drug-likeness (QED) is 0.810. The van der Waals surface area contributed by atoms with Crippen molar-refractivity contribution in [2.24, 2.45) is 0 Å². The highest BCUT2D eigenvalue weighted by Crippen LogP contribution is 2.39. The van der Waals surface area contributed by atoms with Gasteiger partial charge in [-0.1, -0.05) is 18.2 Å². The van der Waals surface area contributed by atoms with E-state index in [1.54, 1.807) is 15.4 Å². The number of carbonyl (C=O) groups is 1. The van der Waals surface area contributed by atoms with E-state index >= 15 is 0 Å². The van der Waals surface area contributed by atoms with Gasteiger partial charge in [-0.25, -0.2) is 8.42 Å². The van der Waals surface area contributed by atoms with Gasteiger partial charge in [-0.15, -0.1) is 0 Å². The van der Waals surface area contributed by atoms with Crippen molar-refractivity contribution < 1.29 is 13.2 Å².